The van der Waals surface area contributed by atoms with E-state index in [2.05, 4.69) is 13.8 Å². The standard InChI is InChI=1S/C24H38O4/c1-3-5-17-27-23(25)21(19-13-9-7-10-14-19)22(20-15-11-8-12-16-20)24(26)28-18-6-4-2/h3-18H2,1-2H3. The first kappa shape index (κ1) is 22.7. The highest BCUT2D eigenvalue weighted by molar-refractivity contribution is 6.08. The molecule has 0 atom stereocenters. The van der Waals surface area contributed by atoms with Crippen molar-refractivity contribution in [3.8, 4) is 0 Å². The van der Waals surface area contributed by atoms with Crippen molar-refractivity contribution in [1.29, 1.82) is 0 Å². The van der Waals surface area contributed by atoms with Gasteiger partial charge in [-0.25, -0.2) is 9.59 Å². The molecule has 0 bridgehead atoms. The molecule has 2 rings (SSSR count). The van der Waals surface area contributed by atoms with Gasteiger partial charge in [-0.05, 0) is 64.2 Å². The topological polar surface area (TPSA) is 52.6 Å². The SMILES string of the molecule is CCCCOC(=O)C(=C1CCCCC1)C(C(=O)OCCCC)=C1CCCCC1. The van der Waals surface area contributed by atoms with Crippen LogP contribution >= 0.6 is 0 Å². The summed E-state index contributed by atoms with van der Waals surface area (Å²) in [6, 6.07) is 0. The number of rotatable bonds is 9. The van der Waals surface area contributed by atoms with Gasteiger partial charge in [-0.3, -0.25) is 0 Å². The van der Waals surface area contributed by atoms with Crippen LogP contribution in [0.15, 0.2) is 22.3 Å². The van der Waals surface area contributed by atoms with Crippen LogP contribution in [0.4, 0.5) is 0 Å². The fourth-order valence-electron chi connectivity index (χ4n) is 4.07. The Morgan fingerprint density at radius 3 is 1.32 bits per heavy atom. The molecule has 158 valence electrons. The maximum Gasteiger partial charge on any atom is 0.338 e. The molecule has 0 N–H and O–H groups in total. The van der Waals surface area contributed by atoms with Gasteiger partial charge in [-0.2, -0.15) is 0 Å². The minimum absolute atomic E-state index is 0.314. The first-order valence-corrected chi connectivity index (χ1v) is 11.5. The number of carbonyl (C=O) groups is 2. The van der Waals surface area contributed by atoms with Gasteiger partial charge in [0.2, 0.25) is 0 Å². The summed E-state index contributed by atoms with van der Waals surface area (Å²) in [4.78, 5) is 26.2. The van der Waals surface area contributed by atoms with E-state index in [1.54, 1.807) is 0 Å². The maximum atomic E-state index is 13.1. The molecule has 0 spiro atoms. The molecule has 0 unspecified atom stereocenters. The normalized spacial score (nSPS) is 17.2. The van der Waals surface area contributed by atoms with E-state index in [1.165, 1.54) is 12.8 Å². The molecular weight excluding hydrogens is 352 g/mol. The van der Waals surface area contributed by atoms with Crippen LogP contribution in [0.1, 0.15) is 104 Å². The molecule has 4 heteroatoms. The van der Waals surface area contributed by atoms with Crippen molar-refractivity contribution in [3.05, 3.63) is 22.3 Å². The lowest BCUT2D eigenvalue weighted by atomic mass is 9.83. The molecular formula is C24H38O4. The van der Waals surface area contributed by atoms with Crippen molar-refractivity contribution in [2.24, 2.45) is 0 Å². The van der Waals surface area contributed by atoms with E-state index in [4.69, 9.17) is 9.47 Å². The van der Waals surface area contributed by atoms with Crippen LogP contribution in [0.3, 0.4) is 0 Å². The number of unbranched alkanes of at least 4 members (excludes halogenated alkanes) is 2. The van der Waals surface area contributed by atoms with Gasteiger partial charge in [0.15, 0.2) is 0 Å². The summed E-state index contributed by atoms with van der Waals surface area (Å²) >= 11 is 0. The molecule has 2 aliphatic rings. The molecule has 0 amide bonds. The molecule has 0 heterocycles. The van der Waals surface area contributed by atoms with Crippen molar-refractivity contribution < 1.29 is 19.1 Å². The Morgan fingerprint density at radius 2 is 1.00 bits per heavy atom. The molecule has 2 aliphatic carbocycles. The van der Waals surface area contributed by atoms with E-state index < -0.39 is 0 Å². The largest absolute Gasteiger partial charge is 0.462 e. The summed E-state index contributed by atoms with van der Waals surface area (Å²) in [5.41, 5.74) is 3.31. The second kappa shape index (κ2) is 12.8. The van der Waals surface area contributed by atoms with Crippen molar-refractivity contribution in [1.82, 2.24) is 0 Å². The summed E-state index contributed by atoms with van der Waals surface area (Å²) in [5, 5.41) is 0. The summed E-state index contributed by atoms with van der Waals surface area (Å²) in [6.07, 6.45) is 13.9. The van der Waals surface area contributed by atoms with E-state index in [9.17, 15) is 9.59 Å². The van der Waals surface area contributed by atoms with Gasteiger partial charge in [0.05, 0.1) is 24.4 Å². The molecule has 0 saturated heterocycles. The Labute approximate surface area is 170 Å². The number of esters is 2. The molecule has 28 heavy (non-hydrogen) atoms. The van der Waals surface area contributed by atoms with Crippen LogP contribution in [0.5, 0.6) is 0 Å². The summed E-state index contributed by atoms with van der Waals surface area (Å²) < 4.78 is 11.2. The summed E-state index contributed by atoms with van der Waals surface area (Å²) in [5.74, 6) is -0.628. The fourth-order valence-corrected chi connectivity index (χ4v) is 4.07. The third-order valence-corrected chi connectivity index (χ3v) is 5.74. The lowest BCUT2D eigenvalue weighted by Gasteiger charge is -2.24. The van der Waals surface area contributed by atoms with E-state index >= 15 is 0 Å². The molecule has 2 fully saturated rings. The van der Waals surface area contributed by atoms with Crippen molar-refractivity contribution >= 4 is 11.9 Å². The van der Waals surface area contributed by atoms with E-state index in [-0.39, 0.29) is 11.9 Å². The van der Waals surface area contributed by atoms with Gasteiger partial charge < -0.3 is 9.47 Å². The number of hydrogen-bond acceptors (Lipinski definition) is 4. The Hall–Kier alpha value is -1.58. The Kier molecular flexibility index (Phi) is 10.4. The highest BCUT2D eigenvalue weighted by Gasteiger charge is 2.31. The quantitative estimate of drug-likeness (QED) is 0.267. The van der Waals surface area contributed by atoms with Gasteiger partial charge >= 0.3 is 11.9 Å². The first-order valence-electron chi connectivity index (χ1n) is 11.5. The fraction of sp³-hybridized carbons (Fsp3) is 0.750. The zero-order chi connectivity index (χ0) is 20.2. The van der Waals surface area contributed by atoms with E-state index in [0.717, 1.165) is 88.2 Å². The van der Waals surface area contributed by atoms with Crippen molar-refractivity contribution in [2.45, 2.75) is 104 Å². The van der Waals surface area contributed by atoms with Crippen molar-refractivity contribution in [3.63, 3.8) is 0 Å². The van der Waals surface area contributed by atoms with Gasteiger partial charge in [0.25, 0.3) is 0 Å². The molecule has 4 nitrogen and oxygen atoms in total. The predicted molar refractivity (Wildman–Crippen MR) is 112 cm³/mol. The van der Waals surface area contributed by atoms with Crippen LogP contribution in [0, 0.1) is 0 Å². The minimum Gasteiger partial charge on any atom is -0.462 e. The lowest BCUT2D eigenvalue weighted by molar-refractivity contribution is -0.142. The number of allylic oxidation sites excluding steroid dienone is 2. The van der Waals surface area contributed by atoms with Crippen LogP contribution in [-0.4, -0.2) is 25.2 Å². The average Bonchev–Trinajstić information content (AvgIpc) is 2.73. The van der Waals surface area contributed by atoms with Crippen molar-refractivity contribution in [2.75, 3.05) is 13.2 Å². The van der Waals surface area contributed by atoms with Crippen LogP contribution in [0.25, 0.3) is 0 Å². The van der Waals surface area contributed by atoms with Gasteiger partial charge in [-0.15, -0.1) is 0 Å². The van der Waals surface area contributed by atoms with Crippen LogP contribution in [-0.2, 0) is 19.1 Å². The average molecular weight is 391 g/mol. The first-order chi connectivity index (χ1) is 13.7. The number of carbonyl (C=O) groups excluding carboxylic acids is 2. The molecule has 0 aromatic carbocycles. The summed E-state index contributed by atoms with van der Waals surface area (Å²) in [7, 11) is 0. The molecule has 0 aromatic heterocycles. The lowest BCUT2D eigenvalue weighted by Crippen LogP contribution is -2.22. The number of hydrogen-bond donors (Lipinski definition) is 0. The summed E-state index contributed by atoms with van der Waals surface area (Å²) in [6.45, 7) is 4.99. The van der Waals surface area contributed by atoms with E-state index in [0.29, 0.717) is 24.4 Å². The monoisotopic (exact) mass is 390 g/mol. The molecule has 0 aliphatic heterocycles. The second-order valence-electron chi connectivity index (χ2n) is 8.06. The van der Waals surface area contributed by atoms with Gasteiger partial charge in [0, 0.05) is 0 Å². The smallest absolute Gasteiger partial charge is 0.338 e. The van der Waals surface area contributed by atoms with Gasteiger partial charge in [-0.1, -0.05) is 50.7 Å². The Morgan fingerprint density at radius 1 is 0.643 bits per heavy atom. The third-order valence-electron chi connectivity index (χ3n) is 5.74. The van der Waals surface area contributed by atoms with Crippen LogP contribution in [0.2, 0.25) is 0 Å². The molecule has 0 aromatic rings. The Balaban J connectivity index is 2.39. The predicted octanol–water partition coefficient (Wildman–Crippen LogP) is 6.19. The molecule has 0 radical (unpaired) electrons. The highest BCUT2D eigenvalue weighted by atomic mass is 16.5. The second-order valence-corrected chi connectivity index (χ2v) is 8.06. The van der Waals surface area contributed by atoms with Crippen LogP contribution < -0.4 is 0 Å². The zero-order valence-corrected chi connectivity index (χ0v) is 17.9. The zero-order valence-electron chi connectivity index (χ0n) is 17.9. The molecule has 2 saturated carbocycles. The maximum absolute atomic E-state index is 13.1. The van der Waals surface area contributed by atoms with Gasteiger partial charge in [0.1, 0.15) is 0 Å². The van der Waals surface area contributed by atoms with E-state index in [1.807, 2.05) is 0 Å². The Bertz CT molecular complexity index is 517. The minimum atomic E-state index is -0.314. The third kappa shape index (κ3) is 6.79. The highest BCUT2D eigenvalue weighted by Crippen LogP contribution is 2.35. The number of ether oxygens (including phenoxy) is 2.